The van der Waals surface area contributed by atoms with E-state index in [2.05, 4.69) is 5.10 Å². The number of halogens is 3. The highest BCUT2D eigenvalue weighted by atomic mass is 32.2. The van der Waals surface area contributed by atoms with Gasteiger partial charge in [0.2, 0.25) is 0 Å². The number of aryl methyl sites for hydroxylation is 1. The Morgan fingerprint density at radius 2 is 1.69 bits per heavy atom. The van der Waals surface area contributed by atoms with E-state index >= 15 is 0 Å². The van der Waals surface area contributed by atoms with Gasteiger partial charge < -0.3 is 0 Å². The van der Waals surface area contributed by atoms with Crippen molar-refractivity contribution >= 4 is 9.84 Å². The maximum absolute atomic E-state index is 13.5. The predicted molar refractivity (Wildman–Crippen MR) is 91.8 cm³/mol. The molecule has 0 fully saturated rings. The van der Waals surface area contributed by atoms with Gasteiger partial charge in [-0.3, -0.25) is 0 Å². The molecular formula is C18H15F3N2O2S. The molecule has 0 aliphatic heterocycles. The first-order valence-electron chi connectivity index (χ1n) is 7.62. The zero-order valence-corrected chi connectivity index (χ0v) is 14.8. The van der Waals surface area contributed by atoms with Crippen molar-refractivity contribution in [2.24, 2.45) is 0 Å². The molecule has 4 nitrogen and oxygen atoms in total. The Balaban J connectivity index is 2.15. The zero-order valence-electron chi connectivity index (χ0n) is 13.9. The first-order valence-corrected chi connectivity index (χ1v) is 9.51. The van der Waals surface area contributed by atoms with E-state index in [-0.39, 0.29) is 4.90 Å². The van der Waals surface area contributed by atoms with E-state index in [1.54, 1.807) is 6.92 Å². The molecule has 0 amide bonds. The molecule has 26 heavy (non-hydrogen) atoms. The van der Waals surface area contributed by atoms with E-state index in [4.69, 9.17) is 0 Å². The topological polar surface area (TPSA) is 52.0 Å². The number of hydrogen-bond acceptors (Lipinski definition) is 3. The van der Waals surface area contributed by atoms with Gasteiger partial charge in [0.1, 0.15) is 11.5 Å². The molecule has 2 aromatic carbocycles. The summed E-state index contributed by atoms with van der Waals surface area (Å²) in [5.41, 5.74) is 1.23. The van der Waals surface area contributed by atoms with Gasteiger partial charge in [-0.1, -0.05) is 12.1 Å². The van der Waals surface area contributed by atoms with Crippen LogP contribution in [-0.4, -0.2) is 24.5 Å². The summed E-state index contributed by atoms with van der Waals surface area (Å²) in [6.45, 7) is 1.57. The number of aromatic nitrogens is 2. The van der Waals surface area contributed by atoms with E-state index in [0.717, 1.165) is 6.26 Å². The molecule has 8 heteroatoms. The van der Waals surface area contributed by atoms with Gasteiger partial charge in [-0.2, -0.15) is 5.10 Å². The van der Waals surface area contributed by atoms with Crippen molar-refractivity contribution in [1.29, 1.82) is 0 Å². The highest BCUT2D eigenvalue weighted by molar-refractivity contribution is 7.90. The molecule has 0 aliphatic carbocycles. The van der Waals surface area contributed by atoms with Crippen LogP contribution in [0.3, 0.4) is 0 Å². The molecule has 0 bridgehead atoms. The summed E-state index contributed by atoms with van der Waals surface area (Å²) in [5, 5.41) is 3.92. The molecule has 0 N–H and O–H groups in total. The van der Waals surface area contributed by atoms with Gasteiger partial charge >= 0.3 is 0 Å². The molecule has 1 heterocycles. The Morgan fingerprint density at radius 1 is 1.04 bits per heavy atom. The van der Waals surface area contributed by atoms with Gasteiger partial charge in [-0.05, 0) is 48.9 Å². The zero-order chi connectivity index (χ0) is 19.1. The monoisotopic (exact) mass is 380 g/mol. The summed E-state index contributed by atoms with van der Waals surface area (Å²) in [4.78, 5) is 0.124. The van der Waals surface area contributed by atoms with Crippen molar-refractivity contribution in [3.8, 4) is 16.9 Å². The third-order valence-electron chi connectivity index (χ3n) is 3.92. The Hall–Kier alpha value is -2.61. The number of sulfone groups is 1. The summed E-state index contributed by atoms with van der Waals surface area (Å²) >= 11 is 0. The minimum absolute atomic E-state index is 0.124. The highest BCUT2D eigenvalue weighted by Crippen LogP contribution is 2.29. The second kappa shape index (κ2) is 6.60. The average Bonchev–Trinajstić information content (AvgIpc) is 3.02. The van der Waals surface area contributed by atoms with E-state index in [1.807, 2.05) is 0 Å². The molecule has 1 aromatic heterocycles. The van der Waals surface area contributed by atoms with Crippen molar-refractivity contribution in [2.75, 3.05) is 6.26 Å². The SMILES string of the molecule is Cc1cc(-n2nc(C(F)F)cc2-c2ccc(S(C)(=O)=O)cc2)ccc1F. The molecule has 0 spiro atoms. The van der Waals surface area contributed by atoms with Crippen LogP contribution in [-0.2, 0) is 9.84 Å². The smallest absolute Gasteiger partial charge is 0.233 e. The minimum Gasteiger partial charge on any atom is -0.233 e. The number of hydrogen-bond donors (Lipinski definition) is 0. The summed E-state index contributed by atoms with van der Waals surface area (Å²) in [6, 6.07) is 11.3. The van der Waals surface area contributed by atoms with Gasteiger partial charge in [-0.15, -0.1) is 0 Å². The van der Waals surface area contributed by atoms with Crippen LogP contribution < -0.4 is 0 Å². The van der Waals surface area contributed by atoms with Crippen LogP contribution in [0.15, 0.2) is 53.4 Å². The van der Waals surface area contributed by atoms with Crippen LogP contribution in [0.25, 0.3) is 16.9 Å². The maximum atomic E-state index is 13.5. The lowest BCUT2D eigenvalue weighted by atomic mass is 10.1. The van der Waals surface area contributed by atoms with Gasteiger partial charge in [0, 0.05) is 11.8 Å². The molecule has 0 unspecified atom stereocenters. The van der Waals surface area contributed by atoms with E-state index in [0.29, 0.717) is 22.5 Å². The molecule has 3 aromatic rings. The van der Waals surface area contributed by atoms with E-state index in [9.17, 15) is 21.6 Å². The first kappa shape index (κ1) is 18.2. The van der Waals surface area contributed by atoms with Crippen LogP contribution in [0.5, 0.6) is 0 Å². The molecular weight excluding hydrogens is 365 g/mol. The third-order valence-corrected chi connectivity index (χ3v) is 5.04. The number of alkyl halides is 2. The number of rotatable bonds is 4. The normalized spacial score (nSPS) is 11.9. The third kappa shape index (κ3) is 3.50. The molecule has 0 saturated heterocycles. The Morgan fingerprint density at radius 3 is 2.23 bits per heavy atom. The van der Waals surface area contributed by atoms with Crippen LogP contribution in [0.1, 0.15) is 17.7 Å². The Bertz CT molecular complexity index is 1060. The fourth-order valence-corrected chi connectivity index (χ4v) is 3.17. The quantitative estimate of drug-likeness (QED) is 0.677. The Kier molecular flexibility index (Phi) is 4.62. The first-order chi connectivity index (χ1) is 12.2. The van der Waals surface area contributed by atoms with Crippen LogP contribution in [0.2, 0.25) is 0 Å². The van der Waals surface area contributed by atoms with Gasteiger partial charge in [0.25, 0.3) is 6.43 Å². The van der Waals surface area contributed by atoms with Crippen molar-refractivity contribution in [3.05, 3.63) is 65.6 Å². The maximum Gasteiger partial charge on any atom is 0.282 e. The van der Waals surface area contributed by atoms with E-state index in [1.165, 1.54) is 53.2 Å². The summed E-state index contributed by atoms with van der Waals surface area (Å²) in [7, 11) is -3.37. The van der Waals surface area contributed by atoms with Crippen molar-refractivity contribution in [1.82, 2.24) is 9.78 Å². The second-order valence-corrected chi connectivity index (χ2v) is 7.91. The summed E-state index contributed by atoms with van der Waals surface area (Å²) in [6.07, 6.45) is -1.69. The number of benzene rings is 2. The van der Waals surface area contributed by atoms with Gasteiger partial charge in [0.05, 0.1) is 16.3 Å². The summed E-state index contributed by atoms with van der Waals surface area (Å²) in [5.74, 6) is -0.408. The molecule has 0 saturated carbocycles. The molecule has 0 radical (unpaired) electrons. The lowest BCUT2D eigenvalue weighted by molar-refractivity contribution is 0.145. The second-order valence-electron chi connectivity index (χ2n) is 5.90. The summed E-state index contributed by atoms with van der Waals surface area (Å²) < 4.78 is 64.3. The van der Waals surface area contributed by atoms with Crippen LogP contribution in [0, 0.1) is 12.7 Å². The average molecular weight is 380 g/mol. The van der Waals surface area contributed by atoms with Gasteiger partial charge in [0.15, 0.2) is 9.84 Å². The minimum atomic E-state index is -3.37. The molecule has 136 valence electrons. The van der Waals surface area contributed by atoms with Crippen LogP contribution >= 0.6 is 0 Å². The standard InChI is InChI=1S/C18H15F3N2O2S/c1-11-9-13(5-8-15(11)19)23-17(10-16(22-23)18(20)21)12-3-6-14(7-4-12)26(2,24)25/h3-10,18H,1-2H3. The molecule has 3 rings (SSSR count). The van der Waals surface area contributed by atoms with Crippen molar-refractivity contribution < 1.29 is 21.6 Å². The number of nitrogens with zero attached hydrogens (tertiary/aromatic N) is 2. The van der Waals surface area contributed by atoms with Gasteiger partial charge in [-0.25, -0.2) is 26.3 Å². The fraction of sp³-hybridized carbons (Fsp3) is 0.167. The predicted octanol–water partition coefficient (Wildman–Crippen LogP) is 4.33. The van der Waals surface area contributed by atoms with Crippen molar-refractivity contribution in [2.45, 2.75) is 18.2 Å². The highest BCUT2D eigenvalue weighted by Gasteiger charge is 2.18. The fourth-order valence-electron chi connectivity index (χ4n) is 2.54. The van der Waals surface area contributed by atoms with Crippen molar-refractivity contribution in [3.63, 3.8) is 0 Å². The lowest BCUT2D eigenvalue weighted by Crippen LogP contribution is -2.01. The molecule has 0 atom stereocenters. The lowest BCUT2D eigenvalue weighted by Gasteiger charge is -2.09. The van der Waals surface area contributed by atoms with Crippen LogP contribution in [0.4, 0.5) is 13.2 Å². The largest absolute Gasteiger partial charge is 0.282 e. The molecule has 0 aliphatic rings. The Labute approximate surface area is 148 Å². The van der Waals surface area contributed by atoms with E-state index < -0.39 is 27.8 Å².